The van der Waals surface area contributed by atoms with Crippen LogP contribution < -0.4 is 10.6 Å². The van der Waals surface area contributed by atoms with E-state index in [1.165, 1.54) is 58.0 Å². The van der Waals surface area contributed by atoms with Gasteiger partial charge >= 0.3 is 6.03 Å². The molecule has 138 valence electrons. The van der Waals surface area contributed by atoms with Crippen molar-refractivity contribution < 1.29 is 9.53 Å². The molecule has 2 N–H and O–H groups in total. The predicted octanol–water partition coefficient (Wildman–Crippen LogP) is 3.04. The van der Waals surface area contributed by atoms with Crippen molar-refractivity contribution in [2.24, 2.45) is 0 Å². The summed E-state index contributed by atoms with van der Waals surface area (Å²) in [5.74, 6) is 0. The first-order valence-electron chi connectivity index (χ1n) is 10.2. The van der Waals surface area contributed by atoms with Crippen molar-refractivity contribution in [3.05, 3.63) is 0 Å². The second kappa shape index (κ2) is 9.62. The Morgan fingerprint density at radius 3 is 2.46 bits per heavy atom. The van der Waals surface area contributed by atoms with Crippen LogP contribution in [0, 0.1) is 0 Å². The molecule has 3 aliphatic rings. The molecular weight excluding hydrogens is 302 g/mol. The van der Waals surface area contributed by atoms with Gasteiger partial charge in [0.2, 0.25) is 0 Å². The Hall–Kier alpha value is -0.810. The molecule has 3 rings (SSSR count). The van der Waals surface area contributed by atoms with Crippen LogP contribution in [-0.4, -0.2) is 55.4 Å². The third kappa shape index (κ3) is 5.62. The fraction of sp³-hybridized carbons (Fsp3) is 0.947. The Morgan fingerprint density at radius 2 is 1.75 bits per heavy atom. The van der Waals surface area contributed by atoms with Crippen LogP contribution >= 0.6 is 0 Å². The quantitative estimate of drug-likeness (QED) is 0.811. The number of carbonyl (C=O) groups excluding carboxylic acids is 1. The number of amides is 2. The first-order chi connectivity index (χ1) is 11.8. The summed E-state index contributed by atoms with van der Waals surface area (Å²) < 4.78 is 5.70. The molecule has 0 unspecified atom stereocenters. The molecule has 0 spiro atoms. The molecule has 5 nitrogen and oxygen atoms in total. The van der Waals surface area contributed by atoms with Crippen molar-refractivity contribution in [2.75, 3.05) is 26.2 Å². The zero-order valence-corrected chi connectivity index (χ0v) is 15.1. The molecule has 2 saturated heterocycles. The number of hydrogen-bond acceptors (Lipinski definition) is 3. The zero-order valence-electron chi connectivity index (χ0n) is 15.1. The van der Waals surface area contributed by atoms with Gasteiger partial charge in [0.25, 0.3) is 0 Å². The maximum atomic E-state index is 12.1. The molecule has 24 heavy (non-hydrogen) atoms. The second-order valence-corrected chi connectivity index (χ2v) is 7.78. The SMILES string of the molecule is O=C(NCC[C@@H]1CCCCO1)NC1CCC(N2CCCCC2)CC1. The monoisotopic (exact) mass is 337 g/mol. The summed E-state index contributed by atoms with van der Waals surface area (Å²) in [4.78, 5) is 14.7. The van der Waals surface area contributed by atoms with E-state index in [0.29, 0.717) is 12.1 Å². The van der Waals surface area contributed by atoms with E-state index >= 15 is 0 Å². The highest BCUT2D eigenvalue weighted by Crippen LogP contribution is 2.25. The smallest absolute Gasteiger partial charge is 0.315 e. The minimum atomic E-state index is 0.00670. The van der Waals surface area contributed by atoms with Crippen LogP contribution in [0.15, 0.2) is 0 Å². The molecule has 2 heterocycles. The van der Waals surface area contributed by atoms with E-state index in [2.05, 4.69) is 15.5 Å². The van der Waals surface area contributed by atoms with Crippen LogP contribution in [0.1, 0.15) is 70.6 Å². The summed E-state index contributed by atoms with van der Waals surface area (Å²) in [6.07, 6.45) is 13.7. The number of likely N-dealkylation sites (tertiary alicyclic amines) is 1. The van der Waals surface area contributed by atoms with Crippen molar-refractivity contribution >= 4 is 6.03 Å². The van der Waals surface area contributed by atoms with E-state index in [-0.39, 0.29) is 6.03 Å². The lowest BCUT2D eigenvalue weighted by atomic mass is 9.89. The number of hydrogen-bond donors (Lipinski definition) is 2. The molecule has 0 radical (unpaired) electrons. The van der Waals surface area contributed by atoms with E-state index in [1.54, 1.807) is 0 Å². The fourth-order valence-electron chi connectivity index (χ4n) is 4.49. The van der Waals surface area contributed by atoms with E-state index in [0.717, 1.165) is 44.9 Å². The van der Waals surface area contributed by atoms with Gasteiger partial charge in [-0.2, -0.15) is 0 Å². The minimum absolute atomic E-state index is 0.00670. The molecule has 0 aromatic carbocycles. The molecule has 2 amide bonds. The number of nitrogens with zero attached hydrogens (tertiary/aromatic N) is 1. The van der Waals surface area contributed by atoms with Gasteiger partial charge < -0.3 is 20.3 Å². The number of urea groups is 1. The summed E-state index contributed by atoms with van der Waals surface area (Å²) in [5.41, 5.74) is 0. The van der Waals surface area contributed by atoms with Gasteiger partial charge in [-0.3, -0.25) is 0 Å². The second-order valence-electron chi connectivity index (χ2n) is 7.78. The highest BCUT2D eigenvalue weighted by Gasteiger charge is 2.27. The molecule has 0 aromatic rings. The number of rotatable bonds is 5. The molecule has 5 heteroatoms. The molecule has 1 atom stereocenters. The maximum Gasteiger partial charge on any atom is 0.315 e. The number of carbonyl (C=O) groups is 1. The van der Waals surface area contributed by atoms with E-state index in [1.807, 2.05) is 0 Å². The molecule has 2 aliphatic heterocycles. The van der Waals surface area contributed by atoms with Crippen molar-refractivity contribution in [1.82, 2.24) is 15.5 Å². The van der Waals surface area contributed by atoms with Crippen LogP contribution in [0.3, 0.4) is 0 Å². The lowest BCUT2D eigenvalue weighted by Gasteiger charge is -2.39. The van der Waals surface area contributed by atoms with E-state index < -0.39 is 0 Å². The Kier molecular flexibility index (Phi) is 7.21. The van der Waals surface area contributed by atoms with E-state index in [4.69, 9.17) is 4.74 Å². The maximum absolute atomic E-state index is 12.1. The standard InChI is InChI=1S/C19H35N3O2/c23-19(20-12-11-18-6-2-5-15-24-18)21-16-7-9-17(10-8-16)22-13-3-1-4-14-22/h16-18H,1-15H2,(H2,20,21,23)/t16?,17?,18-/m0/s1. The third-order valence-corrected chi connectivity index (χ3v) is 5.96. The van der Waals surface area contributed by atoms with Gasteiger partial charge in [-0.15, -0.1) is 0 Å². The first kappa shape index (κ1) is 18.0. The summed E-state index contributed by atoms with van der Waals surface area (Å²) >= 11 is 0. The van der Waals surface area contributed by atoms with Crippen LogP contribution in [0.4, 0.5) is 4.79 Å². The first-order valence-corrected chi connectivity index (χ1v) is 10.2. The van der Waals surface area contributed by atoms with Crippen molar-refractivity contribution in [2.45, 2.75) is 88.8 Å². The summed E-state index contributed by atoms with van der Waals surface area (Å²) in [5, 5.41) is 6.18. The van der Waals surface area contributed by atoms with E-state index in [9.17, 15) is 4.79 Å². The number of ether oxygens (including phenoxy) is 1. The average Bonchev–Trinajstić information content (AvgIpc) is 2.64. The normalized spacial score (nSPS) is 32.2. The Bertz CT molecular complexity index is 371. The fourth-order valence-corrected chi connectivity index (χ4v) is 4.49. The highest BCUT2D eigenvalue weighted by molar-refractivity contribution is 5.74. The number of nitrogens with one attached hydrogen (secondary N) is 2. The molecule has 1 aliphatic carbocycles. The highest BCUT2D eigenvalue weighted by atomic mass is 16.5. The predicted molar refractivity (Wildman–Crippen MR) is 96.2 cm³/mol. The molecule has 0 aromatic heterocycles. The van der Waals surface area contributed by atoms with Gasteiger partial charge in [-0.05, 0) is 77.3 Å². The Balaban J connectivity index is 1.27. The number of piperidine rings is 1. The average molecular weight is 338 g/mol. The van der Waals surface area contributed by atoms with Crippen molar-refractivity contribution in [3.8, 4) is 0 Å². The van der Waals surface area contributed by atoms with Gasteiger partial charge in [0.1, 0.15) is 0 Å². The minimum Gasteiger partial charge on any atom is -0.378 e. The van der Waals surface area contributed by atoms with Crippen molar-refractivity contribution in [1.29, 1.82) is 0 Å². The summed E-state index contributed by atoms with van der Waals surface area (Å²) in [6, 6.07) is 1.12. The van der Waals surface area contributed by atoms with Crippen LogP contribution in [0.2, 0.25) is 0 Å². The van der Waals surface area contributed by atoms with Gasteiger partial charge in [0.15, 0.2) is 0 Å². The van der Waals surface area contributed by atoms with Gasteiger partial charge in [-0.1, -0.05) is 6.42 Å². The molecule has 1 saturated carbocycles. The summed E-state index contributed by atoms with van der Waals surface area (Å²) in [6.45, 7) is 4.18. The van der Waals surface area contributed by atoms with Gasteiger partial charge in [0.05, 0.1) is 6.10 Å². The largest absolute Gasteiger partial charge is 0.378 e. The topological polar surface area (TPSA) is 53.6 Å². The molecule has 0 bridgehead atoms. The summed E-state index contributed by atoms with van der Waals surface area (Å²) in [7, 11) is 0. The lowest BCUT2D eigenvalue weighted by Crippen LogP contribution is -2.48. The lowest BCUT2D eigenvalue weighted by molar-refractivity contribution is 0.0120. The molecule has 3 fully saturated rings. The van der Waals surface area contributed by atoms with Crippen LogP contribution in [-0.2, 0) is 4.74 Å². The van der Waals surface area contributed by atoms with Crippen LogP contribution in [0.25, 0.3) is 0 Å². The zero-order chi connectivity index (χ0) is 16.6. The third-order valence-electron chi connectivity index (χ3n) is 5.96. The van der Waals surface area contributed by atoms with Gasteiger partial charge in [-0.25, -0.2) is 4.79 Å². The van der Waals surface area contributed by atoms with Gasteiger partial charge in [0, 0.05) is 25.2 Å². The van der Waals surface area contributed by atoms with Crippen molar-refractivity contribution in [3.63, 3.8) is 0 Å². The Morgan fingerprint density at radius 1 is 0.958 bits per heavy atom. The molecular formula is C19H35N3O2. The Labute approximate surface area is 146 Å². The van der Waals surface area contributed by atoms with Crippen LogP contribution in [0.5, 0.6) is 0 Å².